The van der Waals surface area contributed by atoms with Crippen molar-refractivity contribution in [2.24, 2.45) is 7.05 Å². The average Bonchev–Trinajstić information content (AvgIpc) is 3.59. The van der Waals surface area contributed by atoms with Crippen molar-refractivity contribution >= 4 is 33.5 Å². The Bertz CT molecular complexity index is 1960. The minimum atomic E-state index is -0.191. The molecule has 3 aromatic carbocycles. The van der Waals surface area contributed by atoms with Crippen molar-refractivity contribution in [3.63, 3.8) is 0 Å². The van der Waals surface area contributed by atoms with E-state index in [2.05, 4.69) is 37.9 Å². The first-order chi connectivity index (χ1) is 20.0. The summed E-state index contributed by atoms with van der Waals surface area (Å²) in [6.07, 6.45) is 5.69. The molecule has 3 aromatic heterocycles. The van der Waals surface area contributed by atoms with Gasteiger partial charge in [0.1, 0.15) is 11.4 Å². The number of aryl methyl sites for hydroxylation is 2. The number of aromatic nitrogens is 3. The number of nitrogens with one attached hydrogen (secondary N) is 2. The number of pyridine rings is 1. The molecule has 7 nitrogen and oxygen atoms in total. The standard InChI is InChI=1S/C34H28N4O3/c1-22-4-6-27(17-25(22)7-5-23-16-26-14-15-35-33(26)36-19-23)34(39)37-28-10-13-30-31(20-38(2)32(30)18-28)24-8-11-29(12-9-24)41-21-40-3/h4,6,8-20H,21H2,1-3H3,(H,35,36)(H,37,39). The molecule has 41 heavy (non-hydrogen) atoms. The molecule has 0 fully saturated rings. The van der Waals surface area contributed by atoms with Crippen LogP contribution in [0.15, 0.2) is 91.4 Å². The number of hydrogen-bond acceptors (Lipinski definition) is 4. The predicted octanol–water partition coefficient (Wildman–Crippen LogP) is 6.66. The summed E-state index contributed by atoms with van der Waals surface area (Å²) < 4.78 is 12.5. The van der Waals surface area contributed by atoms with Crippen molar-refractivity contribution < 1.29 is 14.3 Å². The van der Waals surface area contributed by atoms with Crippen LogP contribution in [0.4, 0.5) is 5.69 Å². The first kappa shape index (κ1) is 25.9. The van der Waals surface area contributed by atoms with Crippen molar-refractivity contribution in [1.82, 2.24) is 14.5 Å². The Kier molecular flexibility index (Phi) is 6.99. The number of aromatic amines is 1. The Hall–Kier alpha value is -5.32. The first-order valence-corrected chi connectivity index (χ1v) is 13.2. The van der Waals surface area contributed by atoms with Crippen LogP contribution in [0.1, 0.15) is 27.0 Å². The third kappa shape index (κ3) is 5.42. The number of hydrogen-bond donors (Lipinski definition) is 2. The SMILES string of the molecule is COCOc1ccc(-c2cn(C)c3cc(NC(=O)c4ccc(C)c(C#Cc5cnc6[nH]ccc6c5)c4)ccc23)cc1. The van der Waals surface area contributed by atoms with E-state index >= 15 is 0 Å². The molecule has 0 unspecified atom stereocenters. The van der Waals surface area contributed by atoms with E-state index in [-0.39, 0.29) is 12.7 Å². The highest BCUT2D eigenvalue weighted by atomic mass is 16.7. The van der Waals surface area contributed by atoms with Gasteiger partial charge in [0.25, 0.3) is 5.91 Å². The summed E-state index contributed by atoms with van der Waals surface area (Å²) in [7, 11) is 3.60. The maximum absolute atomic E-state index is 13.2. The molecular formula is C34H28N4O3. The Morgan fingerprint density at radius 3 is 2.71 bits per heavy atom. The maximum Gasteiger partial charge on any atom is 0.255 e. The van der Waals surface area contributed by atoms with E-state index in [1.807, 2.05) is 93.0 Å². The molecule has 1 amide bonds. The van der Waals surface area contributed by atoms with E-state index < -0.39 is 0 Å². The average molecular weight is 541 g/mol. The molecule has 7 heteroatoms. The largest absolute Gasteiger partial charge is 0.468 e. The number of anilines is 1. The lowest BCUT2D eigenvalue weighted by Crippen LogP contribution is -2.12. The number of carbonyl (C=O) groups is 1. The Morgan fingerprint density at radius 2 is 1.88 bits per heavy atom. The molecule has 202 valence electrons. The minimum absolute atomic E-state index is 0.191. The summed E-state index contributed by atoms with van der Waals surface area (Å²) in [5.74, 6) is 6.95. The second-order valence-electron chi connectivity index (χ2n) is 9.83. The van der Waals surface area contributed by atoms with Crippen LogP contribution >= 0.6 is 0 Å². The van der Waals surface area contributed by atoms with Gasteiger partial charge in [0.05, 0.1) is 5.52 Å². The molecule has 3 heterocycles. The lowest BCUT2D eigenvalue weighted by atomic mass is 10.0. The molecule has 6 aromatic rings. The van der Waals surface area contributed by atoms with E-state index in [1.165, 1.54) is 0 Å². The van der Waals surface area contributed by atoms with E-state index in [0.717, 1.165) is 61.2 Å². The first-order valence-electron chi connectivity index (χ1n) is 13.2. The van der Waals surface area contributed by atoms with Gasteiger partial charge in [-0.05, 0) is 66.6 Å². The second-order valence-corrected chi connectivity index (χ2v) is 9.83. The topological polar surface area (TPSA) is 81.2 Å². The molecule has 0 aliphatic carbocycles. The number of ether oxygens (including phenoxy) is 2. The van der Waals surface area contributed by atoms with Crippen LogP contribution in [-0.4, -0.2) is 34.3 Å². The molecule has 0 aliphatic rings. The summed E-state index contributed by atoms with van der Waals surface area (Å²) in [4.78, 5) is 20.7. The Labute approximate surface area is 237 Å². The lowest BCUT2D eigenvalue weighted by molar-refractivity contribution is 0.0511. The van der Waals surface area contributed by atoms with Crippen molar-refractivity contribution in [2.45, 2.75) is 6.92 Å². The van der Waals surface area contributed by atoms with Crippen LogP contribution in [0.3, 0.4) is 0 Å². The highest BCUT2D eigenvalue weighted by Gasteiger charge is 2.13. The molecule has 0 aliphatic heterocycles. The van der Waals surface area contributed by atoms with Crippen LogP contribution < -0.4 is 10.1 Å². The van der Waals surface area contributed by atoms with Crippen molar-refractivity contribution in [2.75, 3.05) is 19.2 Å². The monoisotopic (exact) mass is 540 g/mol. The summed E-state index contributed by atoms with van der Waals surface area (Å²) in [5, 5.41) is 5.15. The molecule has 0 bridgehead atoms. The molecule has 0 radical (unpaired) electrons. The molecule has 0 spiro atoms. The highest BCUT2D eigenvalue weighted by molar-refractivity contribution is 6.06. The molecule has 0 saturated heterocycles. The highest BCUT2D eigenvalue weighted by Crippen LogP contribution is 2.33. The number of H-pyrrole nitrogens is 1. The van der Waals surface area contributed by atoms with Crippen molar-refractivity contribution in [3.05, 3.63) is 114 Å². The fourth-order valence-electron chi connectivity index (χ4n) is 4.80. The van der Waals surface area contributed by atoms with E-state index in [9.17, 15) is 4.79 Å². The Morgan fingerprint density at radius 1 is 1.02 bits per heavy atom. The van der Waals surface area contributed by atoms with Gasteiger partial charge < -0.3 is 24.3 Å². The molecule has 6 rings (SSSR count). The van der Waals surface area contributed by atoms with Gasteiger partial charge in [-0.1, -0.05) is 36.1 Å². The fraction of sp³-hybridized carbons (Fsp3) is 0.118. The molecule has 0 atom stereocenters. The van der Waals surface area contributed by atoms with Gasteiger partial charge >= 0.3 is 0 Å². The normalized spacial score (nSPS) is 10.9. The number of methoxy groups -OCH3 is 1. The van der Waals surface area contributed by atoms with Gasteiger partial charge in [-0.25, -0.2) is 4.98 Å². The smallest absolute Gasteiger partial charge is 0.255 e. The number of rotatable bonds is 6. The quantitative estimate of drug-likeness (QED) is 0.183. The number of amides is 1. The third-order valence-corrected chi connectivity index (χ3v) is 7.00. The zero-order chi connectivity index (χ0) is 28.3. The van der Waals surface area contributed by atoms with Gasteiger partial charge in [0.15, 0.2) is 6.79 Å². The van der Waals surface area contributed by atoms with Crippen LogP contribution in [0.2, 0.25) is 0 Å². The fourth-order valence-corrected chi connectivity index (χ4v) is 4.80. The summed E-state index contributed by atoms with van der Waals surface area (Å²) in [5.41, 5.74) is 7.91. The van der Waals surface area contributed by atoms with E-state index in [4.69, 9.17) is 9.47 Å². The number of carbonyl (C=O) groups excluding carboxylic acids is 1. The number of benzene rings is 3. The summed E-state index contributed by atoms with van der Waals surface area (Å²) in [6, 6.07) is 23.4. The molecule has 2 N–H and O–H groups in total. The van der Waals surface area contributed by atoms with Crippen LogP contribution in [0.25, 0.3) is 33.1 Å². The molecule has 0 saturated carbocycles. The van der Waals surface area contributed by atoms with Crippen molar-refractivity contribution in [3.8, 4) is 28.7 Å². The molecular weight excluding hydrogens is 512 g/mol. The van der Waals surface area contributed by atoms with Gasteiger partial charge in [-0.2, -0.15) is 0 Å². The van der Waals surface area contributed by atoms with Gasteiger partial charge in [0, 0.05) is 71.5 Å². The summed E-state index contributed by atoms with van der Waals surface area (Å²) >= 11 is 0. The van der Waals surface area contributed by atoms with Crippen molar-refractivity contribution in [1.29, 1.82) is 0 Å². The predicted molar refractivity (Wildman–Crippen MR) is 162 cm³/mol. The minimum Gasteiger partial charge on any atom is -0.468 e. The van der Waals surface area contributed by atoms with Gasteiger partial charge in [-0.15, -0.1) is 0 Å². The zero-order valence-electron chi connectivity index (χ0n) is 23.0. The van der Waals surface area contributed by atoms with Crippen LogP contribution in [-0.2, 0) is 11.8 Å². The number of nitrogens with zero attached hydrogens (tertiary/aromatic N) is 2. The van der Waals surface area contributed by atoms with Crippen LogP contribution in [0.5, 0.6) is 5.75 Å². The van der Waals surface area contributed by atoms with E-state index in [1.54, 1.807) is 13.3 Å². The zero-order valence-corrected chi connectivity index (χ0v) is 23.0. The third-order valence-electron chi connectivity index (χ3n) is 7.00. The number of fused-ring (bicyclic) bond motifs is 2. The Balaban J connectivity index is 1.22. The van der Waals surface area contributed by atoms with Crippen LogP contribution in [0, 0.1) is 18.8 Å². The maximum atomic E-state index is 13.2. The van der Waals surface area contributed by atoms with Gasteiger partial charge in [0.2, 0.25) is 0 Å². The van der Waals surface area contributed by atoms with E-state index in [0.29, 0.717) is 5.56 Å². The second kappa shape index (κ2) is 11.0. The van der Waals surface area contributed by atoms with Gasteiger partial charge in [-0.3, -0.25) is 4.79 Å². The lowest BCUT2D eigenvalue weighted by Gasteiger charge is -2.08. The summed E-state index contributed by atoms with van der Waals surface area (Å²) in [6.45, 7) is 2.20.